The van der Waals surface area contributed by atoms with Gasteiger partial charge in [-0.15, -0.1) is 0 Å². The van der Waals surface area contributed by atoms with E-state index in [2.05, 4.69) is 6.58 Å². The lowest BCUT2D eigenvalue weighted by atomic mass is 9.92. The Morgan fingerprint density at radius 3 is 2.39 bits per heavy atom. The number of ether oxygens (including phenoxy) is 2. The molecule has 2 aromatic rings. The second kappa shape index (κ2) is 8.53. The lowest BCUT2D eigenvalue weighted by Crippen LogP contribution is -2.47. The van der Waals surface area contributed by atoms with Gasteiger partial charge in [-0.2, -0.15) is 0 Å². The Morgan fingerprint density at radius 1 is 1.07 bits per heavy atom. The minimum atomic E-state index is -1.36. The molecule has 4 atom stereocenters. The molecular formula is C22H25ClO5. The first-order valence-corrected chi connectivity index (χ1v) is 9.57. The summed E-state index contributed by atoms with van der Waals surface area (Å²) in [6.07, 6.45) is -4.08. The zero-order valence-corrected chi connectivity index (χ0v) is 16.6. The first kappa shape index (κ1) is 20.7. The molecule has 1 heterocycles. The van der Waals surface area contributed by atoms with Crippen molar-refractivity contribution in [3.05, 3.63) is 76.5 Å². The van der Waals surface area contributed by atoms with Crippen LogP contribution in [0.15, 0.2) is 54.8 Å². The number of hydrogen-bond acceptors (Lipinski definition) is 5. The van der Waals surface area contributed by atoms with E-state index in [-0.39, 0.29) is 11.9 Å². The van der Waals surface area contributed by atoms with Crippen LogP contribution in [0.5, 0.6) is 5.75 Å². The Morgan fingerprint density at radius 2 is 1.75 bits per heavy atom. The van der Waals surface area contributed by atoms with Gasteiger partial charge in [-0.25, -0.2) is 0 Å². The largest absolute Gasteiger partial charge is 0.491 e. The summed E-state index contributed by atoms with van der Waals surface area (Å²) >= 11 is 6.37. The Labute approximate surface area is 169 Å². The van der Waals surface area contributed by atoms with Crippen LogP contribution in [0.1, 0.15) is 36.6 Å². The molecule has 1 saturated heterocycles. The first-order chi connectivity index (χ1) is 13.3. The van der Waals surface area contributed by atoms with E-state index in [4.69, 9.17) is 21.1 Å². The second-order valence-corrected chi connectivity index (χ2v) is 7.68. The quantitative estimate of drug-likeness (QED) is 0.712. The molecule has 0 bridgehead atoms. The maximum Gasteiger partial charge on any atom is 0.152 e. The summed E-state index contributed by atoms with van der Waals surface area (Å²) in [5, 5.41) is 30.7. The van der Waals surface area contributed by atoms with Crippen LogP contribution in [0.4, 0.5) is 0 Å². The SMILES string of the molecule is C=C1O[C@@H](c2ccc(Cl)c(Cc3ccc(OC(C)C)cc3)c2)[C@H](O)[C@@H](O)[C@@H]1O. The molecule has 0 saturated carbocycles. The topological polar surface area (TPSA) is 79.2 Å². The van der Waals surface area contributed by atoms with E-state index in [1.807, 2.05) is 44.2 Å². The fourth-order valence-corrected chi connectivity index (χ4v) is 3.39. The lowest BCUT2D eigenvalue weighted by Gasteiger charge is -2.37. The summed E-state index contributed by atoms with van der Waals surface area (Å²) < 4.78 is 11.2. The van der Waals surface area contributed by atoms with Crippen molar-refractivity contribution in [2.75, 3.05) is 0 Å². The molecule has 0 unspecified atom stereocenters. The van der Waals surface area contributed by atoms with Crippen molar-refractivity contribution in [3.8, 4) is 5.75 Å². The Bertz CT molecular complexity index is 833. The van der Waals surface area contributed by atoms with Crippen molar-refractivity contribution in [1.29, 1.82) is 0 Å². The van der Waals surface area contributed by atoms with Crippen molar-refractivity contribution in [1.82, 2.24) is 0 Å². The standard InChI is InChI=1S/C22H25ClO5/c1-12(2)27-17-7-4-14(5-8-17)10-16-11-15(6-9-18(16)23)22-21(26)20(25)19(24)13(3)28-22/h4-9,11-12,19-22,24-26H,3,10H2,1-2H3/t19-,20+,21-,22+/m1/s1. The Balaban J connectivity index is 1.81. The van der Waals surface area contributed by atoms with Crippen LogP contribution >= 0.6 is 11.6 Å². The normalized spacial score (nSPS) is 24.9. The molecule has 0 aliphatic carbocycles. The third-order valence-corrected chi connectivity index (χ3v) is 5.05. The molecule has 0 spiro atoms. The van der Waals surface area contributed by atoms with Crippen LogP contribution < -0.4 is 4.74 Å². The number of halogens is 1. The summed E-state index contributed by atoms with van der Waals surface area (Å²) in [7, 11) is 0. The van der Waals surface area contributed by atoms with Gasteiger partial charge in [-0.05, 0) is 55.2 Å². The van der Waals surface area contributed by atoms with E-state index in [1.54, 1.807) is 12.1 Å². The van der Waals surface area contributed by atoms with E-state index < -0.39 is 24.4 Å². The molecule has 0 amide bonds. The highest BCUT2D eigenvalue weighted by Gasteiger charge is 2.41. The van der Waals surface area contributed by atoms with Crippen molar-refractivity contribution in [2.45, 2.75) is 50.8 Å². The highest BCUT2D eigenvalue weighted by atomic mass is 35.5. The van der Waals surface area contributed by atoms with E-state index in [9.17, 15) is 15.3 Å². The lowest BCUT2D eigenvalue weighted by molar-refractivity contribution is -0.157. The molecule has 2 aromatic carbocycles. The minimum absolute atomic E-state index is 0.0278. The van der Waals surface area contributed by atoms with Gasteiger partial charge < -0.3 is 24.8 Å². The fourth-order valence-electron chi connectivity index (χ4n) is 3.21. The predicted molar refractivity (Wildman–Crippen MR) is 107 cm³/mol. The van der Waals surface area contributed by atoms with Crippen molar-refractivity contribution in [2.24, 2.45) is 0 Å². The van der Waals surface area contributed by atoms with Gasteiger partial charge in [0.2, 0.25) is 0 Å². The maximum atomic E-state index is 10.3. The molecule has 0 radical (unpaired) electrons. The highest BCUT2D eigenvalue weighted by molar-refractivity contribution is 6.31. The number of hydrogen-bond donors (Lipinski definition) is 3. The van der Waals surface area contributed by atoms with E-state index in [0.29, 0.717) is 17.0 Å². The summed E-state index contributed by atoms with van der Waals surface area (Å²) in [6, 6.07) is 13.1. The van der Waals surface area contributed by atoms with Crippen LogP contribution in [0.3, 0.4) is 0 Å². The summed E-state index contributed by atoms with van der Waals surface area (Å²) in [5.41, 5.74) is 2.57. The molecular weight excluding hydrogens is 380 g/mol. The molecule has 5 nitrogen and oxygen atoms in total. The Kier molecular flexibility index (Phi) is 6.30. The van der Waals surface area contributed by atoms with Crippen LogP contribution in [-0.4, -0.2) is 39.7 Å². The maximum absolute atomic E-state index is 10.3. The summed E-state index contributed by atoms with van der Waals surface area (Å²) in [5.74, 6) is 0.837. The van der Waals surface area contributed by atoms with Crippen molar-refractivity contribution in [3.63, 3.8) is 0 Å². The predicted octanol–water partition coefficient (Wildman–Crippen LogP) is 3.39. The molecule has 0 aromatic heterocycles. The highest BCUT2D eigenvalue weighted by Crippen LogP contribution is 2.35. The molecule has 1 aliphatic heterocycles. The van der Waals surface area contributed by atoms with Gasteiger partial charge in [0.25, 0.3) is 0 Å². The van der Waals surface area contributed by atoms with Gasteiger partial charge in [0.15, 0.2) is 6.10 Å². The average molecular weight is 405 g/mol. The zero-order chi connectivity index (χ0) is 20.4. The van der Waals surface area contributed by atoms with E-state index >= 15 is 0 Å². The summed E-state index contributed by atoms with van der Waals surface area (Å²) in [4.78, 5) is 0. The number of rotatable bonds is 5. The Hall–Kier alpha value is -2.05. The van der Waals surface area contributed by atoms with Crippen molar-refractivity contribution < 1.29 is 24.8 Å². The molecule has 1 aliphatic rings. The van der Waals surface area contributed by atoms with Gasteiger partial charge in [-0.3, -0.25) is 0 Å². The van der Waals surface area contributed by atoms with E-state index in [0.717, 1.165) is 16.9 Å². The van der Waals surface area contributed by atoms with Gasteiger partial charge in [0, 0.05) is 5.02 Å². The van der Waals surface area contributed by atoms with Crippen LogP contribution in [0.2, 0.25) is 5.02 Å². The van der Waals surface area contributed by atoms with Crippen LogP contribution in [-0.2, 0) is 11.2 Å². The third kappa shape index (κ3) is 4.50. The molecule has 6 heteroatoms. The molecule has 1 fully saturated rings. The summed E-state index contributed by atoms with van der Waals surface area (Å²) in [6.45, 7) is 7.57. The molecule has 28 heavy (non-hydrogen) atoms. The van der Waals surface area contributed by atoms with Gasteiger partial charge in [0.1, 0.15) is 29.8 Å². The van der Waals surface area contributed by atoms with E-state index in [1.165, 1.54) is 0 Å². The van der Waals surface area contributed by atoms with Gasteiger partial charge >= 0.3 is 0 Å². The molecule has 150 valence electrons. The molecule has 3 rings (SSSR count). The minimum Gasteiger partial charge on any atom is -0.491 e. The van der Waals surface area contributed by atoms with Crippen LogP contribution in [0, 0.1) is 0 Å². The van der Waals surface area contributed by atoms with Crippen molar-refractivity contribution >= 4 is 11.6 Å². The second-order valence-electron chi connectivity index (χ2n) is 7.27. The monoisotopic (exact) mass is 404 g/mol. The van der Waals surface area contributed by atoms with Gasteiger partial charge in [0.05, 0.1) is 6.10 Å². The number of benzene rings is 2. The van der Waals surface area contributed by atoms with Gasteiger partial charge in [-0.1, -0.05) is 42.4 Å². The third-order valence-electron chi connectivity index (χ3n) is 4.68. The smallest absolute Gasteiger partial charge is 0.152 e. The number of aliphatic hydroxyl groups is 3. The molecule has 3 N–H and O–H groups in total. The first-order valence-electron chi connectivity index (χ1n) is 9.20. The zero-order valence-electron chi connectivity index (χ0n) is 15.9. The van der Waals surface area contributed by atoms with Crippen LogP contribution in [0.25, 0.3) is 0 Å². The fraction of sp³-hybridized carbons (Fsp3) is 0.364. The number of aliphatic hydroxyl groups excluding tert-OH is 3. The average Bonchev–Trinajstić information content (AvgIpc) is 2.66.